The van der Waals surface area contributed by atoms with Gasteiger partial charge >= 0.3 is 0 Å². The average Bonchev–Trinajstić information content (AvgIpc) is 3.02. The fourth-order valence-electron chi connectivity index (χ4n) is 2.32. The van der Waals surface area contributed by atoms with Crippen molar-refractivity contribution in [2.75, 3.05) is 17.2 Å². The largest absolute Gasteiger partial charge is 0.330 e. The molecule has 0 aliphatic rings. The van der Waals surface area contributed by atoms with Gasteiger partial charge in [-0.25, -0.2) is 15.0 Å². The smallest absolute Gasteiger partial charge is 0.227 e. The predicted molar refractivity (Wildman–Crippen MR) is 105 cm³/mol. The summed E-state index contributed by atoms with van der Waals surface area (Å²) < 4.78 is 0. The molecule has 27 heavy (non-hydrogen) atoms. The molecule has 0 saturated heterocycles. The standard InChI is InChI=1S/C17H17N7O2S/c1-10-15(27-17(20-10)23-14(25)5-7-18)13-6-8-19-16(22-13)21-11-3-2-4-12(9-11)24-26/h2-4,6,8-9H,5,7,18H2,1H3,(H,19,21,22)(H,20,23,25). The van der Waals surface area contributed by atoms with Crippen LogP contribution in [0.4, 0.5) is 22.5 Å². The van der Waals surface area contributed by atoms with Crippen LogP contribution in [-0.2, 0) is 4.79 Å². The quantitative estimate of drug-likeness (QED) is 0.532. The number of rotatable bonds is 7. The van der Waals surface area contributed by atoms with E-state index in [1.54, 1.807) is 36.5 Å². The van der Waals surface area contributed by atoms with Crippen molar-refractivity contribution < 1.29 is 4.79 Å². The van der Waals surface area contributed by atoms with Gasteiger partial charge in [0.15, 0.2) is 5.13 Å². The Kier molecular flexibility index (Phi) is 5.79. The van der Waals surface area contributed by atoms with Crippen molar-refractivity contribution in [2.45, 2.75) is 13.3 Å². The third-order valence-corrected chi connectivity index (χ3v) is 4.61. The lowest BCUT2D eigenvalue weighted by Gasteiger charge is -2.06. The lowest BCUT2D eigenvalue weighted by atomic mass is 10.3. The van der Waals surface area contributed by atoms with Gasteiger partial charge in [-0.3, -0.25) is 4.79 Å². The highest BCUT2D eigenvalue weighted by Gasteiger charge is 2.13. The number of carbonyl (C=O) groups is 1. The number of amides is 1. The molecule has 9 nitrogen and oxygen atoms in total. The zero-order valence-electron chi connectivity index (χ0n) is 14.5. The van der Waals surface area contributed by atoms with Crippen LogP contribution in [0.3, 0.4) is 0 Å². The molecular weight excluding hydrogens is 366 g/mol. The Morgan fingerprint density at radius 2 is 2.15 bits per heavy atom. The molecule has 3 rings (SSSR count). The molecule has 0 atom stereocenters. The predicted octanol–water partition coefficient (Wildman–Crippen LogP) is 3.34. The Balaban J connectivity index is 1.82. The molecule has 0 saturated carbocycles. The highest BCUT2D eigenvalue weighted by atomic mass is 32.1. The first-order valence-electron chi connectivity index (χ1n) is 8.10. The molecule has 3 aromatic rings. The van der Waals surface area contributed by atoms with Crippen molar-refractivity contribution in [2.24, 2.45) is 10.9 Å². The van der Waals surface area contributed by atoms with Crippen molar-refractivity contribution >= 4 is 39.7 Å². The first-order valence-corrected chi connectivity index (χ1v) is 8.92. The number of carbonyl (C=O) groups excluding carboxylic acids is 1. The SMILES string of the molecule is Cc1nc(NC(=O)CCN)sc1-c1ccnc(Nc2cccc(N=O)c2)n1. The summed E-state index contributed by atoms with van der Waals surface area (Å²) in [6.07, 6.45) is 1.86. The van der Waals surface area contributed by atoms with Gasteiger partial charge in [0, 0.05) is 24.8 Å². The number of nitrogens with two attached hydrogens (primary N) is 1. The number of nitroso groups, excluding NO2 is 1. The molecule has 1 aromatic carbocycles. The number of hydrogen-bond donors (Lipinski definition) is 3. The van der Waals surface area contributed by atoms with Gasteiger partial charge < -0.3 is 16.4 Å². The van der Waals surface area contributed by atoms with E-state index in [-0.39, 0.29) is 18.9 Å². The number of nitrogens with one attached hydrogen (secondary N) is 2. The molecule has 10 heteroatoms. The molecule has 2 aromatic heterocycles. The minimum atomic E-state index is -0.175. The third-order valence-electron chi connectivity index (χ3n) is 3.51. The molecule has 0 fully saturated rings. The minimum Gasteiger partial charge on any atom is -0.330 e. The van der Waals surface area contributed by atoms with Crippen LogP contribution in [0, 0.1) is 11.8 Å². The molecule has 4 N–H and O–H groups in total. The topological polar surface area (TPSA) is 135 Å². The van der Waals surface area contributed by atoms with Crippen LogP contribution in [0.1, 0.15) is 12.1 Å². The fourth-order valence-corrected chi connectivity index (χ4v) is 3.27. The maximum absolute atomic E-state index is 11.7. The molecule has 0 aliphatic heterocycles. The van der Waals surface area contributed by atoms with Crippen LogP contribution in [0.5, 0.6) is 0 Å². The van der Waals surface area contributed by atoms with Crippen LogP contribution in [0.15, 0.2) is 41.7 Å². The van der Waals surface area contributed by atoms with Crippen LogP contribution in [0.25, 0.3) is 10.6 Å². The third kappa shape index (κ3) is 4.68. The number of anilines is 3. The second kappa shape index (κ2) is 8.43. The first-order chi connectivity index (χ1) is 13.1. The number of aryl methyl sites for hydroxylation is 1. The van der Waals surface area contributed by atoms with Gasteiger partial charge in [0.2, 0.25) is 11.9 Å². The molecule has 138 valence electrons. The summed E-state index contributed by atoms with van der Waals surface area (Å²) in [4.78, 5) is 36.2. The van der Waals surface area contributed by atoms with Crippen molar-refractivity contribution in [1.29, 1.82) is 0 Å². The Hall–Kier alpha value is -3.24. The van der Waals surface area contributed by atoms with E-state index in [9.17, 15) is 9.70 Å². The van der Waals surface area contributed by atoms with Crippen molar-refractivity contribution in [3.05, 3.63) is 47.1 Å². The van der Waals surface area contributed by atoms with Gasteiger partial charge in [0.25, 0.3) is 0 Å². The molecule has 0 spiro atoms. The molecule has 0 aliphatic carbocycles. The van der Waals surface area contributed by atoms with Gasteiger partial charge in [-0.15, -0.1) is 4.91 Å². The maximum atomic E-state index is 11.7. The summed E-state index contributed by atoms with van der Waals surface area (Å²) in [5.41, 5.74) is 7.77. The van der Waals surface area contributed by atoms with Gasteiger partial charge in [-0.2, -0.15) is 0 Å². The van der Waals surface area contributed by atoms with E-state index in [2.05, 4.69) is 30.8 Å². The van der Waals surface area contributed by atoms with Crippen LogP contribution in [-0.4, -0.2) is 27.4 Å². The minimum absolute atomic E-state index is 0.175. The Labute approximate surface area is 159 Å². The second-order valence-corrected chi connectivity index (χ2v) is 6.55. The van der Waals surface area contributed by atoms with Gasteiger partial charge in [-0.1, -0.05) is 17.4 Å². The maximum Gasteiger partial charge on any atom is 0.227 e. The van der Waals surface area contributed by atoms with E-state index in [0.717, 1.165) is 10.6 Å². The number of thiazole rings is 1. The van der Waals surface area contributed by atoms with Crippen LogP contribution in [0.2, 0.25) is 0 Å². The summed E-state index contributed by atoms with van der Waals surface area (Å²) in [5, 5.41) is 9.18. The number of aromatic nitrogens is 3. The molecule has 1 amide bonds. The Morgan fingerprint density at radius 3 is 2.93 bits per heavy atom. The highest BCUT2D eigenvalue weighted by Crippen LogP contribution is 2.32. The summed E-state index contributed by atoms with van der Waals surface area (Å²) in [6.45, 7) is 2.13. The van der Waals surface area contributed by atoms with Gasteiger partial charge in [0.1, 0.15) is 5.69 Å². The van der Waals surface area contributed by atoms with E-state index < -0.39 is 0 Å². The number of benzene rings is 1. The highest BCUT2D eigenvalue weighted by molar-refractivity contribution is 7.19. The van der Waals surface area contributed by atoms with Crippen LogP contribution >= 0.6 is 11.3 Å². The van der Waals surface area contributed by atoms with E-state index in [1.165, 1.54) is 11.3 Å². The van der Waals surface area contributed by atoms with Crippen molar-refractivity contribution in [1.82, 2.24) is 15.0 Å². The van der Waals surface area contributed by atoms with Crippen molar-refractivity contribution in [3.63, 3.8) is 0 Å². The van der Waals surface area contributed by atoms with E-state index >= 15 is 0 Å². The second-order valence-electron chi connectivity index (χ2n) is 5.55. The number of hydrogen-bond acceptors (Lipinski definition) is 9. The zero-order valence-corrected chi connectivity index (χ0v) is 15.3. The van der Waals surface area contributed by atoms with Gasteiger partial charge in [0.05, 0.1) is 16.3 Å². The summed E-state index contributed by atoms with van der Waals surface area (Å²) >= 11 is 1.33. The molecule has 0 bridgehead atoms. The summed E-state index contributed by atoms with van der Waals surface area (Å²) in [5.74, 6) is 0.198. The van der Waals surface area contributed by atoms with Crippen LogP contribution < -0.4 is 16.4 Å². The van der Waals surface area contributed by atoms with E-state index in [4.69, 9.17) is 5.73 Å². The Morgan fingerprint density at radius 1 is 1.30 bits per heavy atom. The van der Waals surface area contributed by atoms with Crippen molar-refractivity contribution in [3.8, 4) is 10.6 Å². The molecule has 0 radical (unpaired) electrons. The fraction of sp³-hybridized carbons (Fsp3) is 0.176. The summed E-state index contributed by atoms with van der Waals surface area (Å²) in [7, 11) is 0. The molecule has 0 unspecified atom stereocenters. The summed E-state index contributed by atoms with van der Waals surface area (Å²) in [6, 6.07) is 8.48. The van der Waals surface area contributed by atoms with E-state index in [1.807, 2.05) is 6.92 Å². The average molecular weight is 383 g/mol. The van der Waals surface area contributed by atoms with E-state index in [0.29, 0.717) is 28.1 Å². The normalized spacial score (nSPS) is 10.4. The Bertz CT molecular complexity index is 973. The van der Waals surface area contributed by atoms with Gasteiger partial charge in [-0.05, 0) is 36.4 Å². The zero-order chi connectivity index (χ0) is 19.2. The monoisotopic (exact) mass is 383 g/mol. The number of nitrogens with zero attached hydrogens (tertiary/aromatic N) is 4. The molecule has 2 heterocycles. The molecular formula is C17H17N7O2S. The lowest BCUT2D eigenvalue weighted by Crippen LogP contribution is -2.15. The first kappa shape index (κ1) is 18.5. The lowest BCUT2D eigenvalue weighted by molar-refractivity contribution is -0.116.